The van der Waals surface area contributed by atoms with Gasteiger partial charge in [-0.1, -0.05) is 34.6 Å². The Kier molecular flexibility index (Phi) is 4.78. The van der Waals surface area contributed by atoms with Gasteiger partial charge in [-0.15, -0.1) is 0 Å². The van der Waals surface area contributed by atoms with Crippen molar-refractivity contribution >= 4 is 11.6 Å². The van der Waals surface area contributed by atoms with Crippen LogP contribution in [0.4, 0.5) is 0 Å². The monoisotopic (exact) mass is 316 g/mol. The maximum Gasteiger partial charge on any atom is 0.257 e. The number of amides is 1. The molecule has 1 amide bonds. The predicted molar refractivity (Wildman–Crippen MR) is 93.0 cm³/mol. The van der Waals surface area contributed by atoms with Gasteiger partial charge < -0.3 is 4.90 Å². The molecule has 23 heavy (non-hydrogen) atoms. The molecule has 0 fully saturated rings. The van der Waals surface area contributed by atoms with Gasteiger partial charge in [-0.25, -0.2) is 9.50 Å². The van der Waals surface area contributed by atoms with E-state index in [4.69, 9.17) is 5.10 Å². The van der Waals surface area contributed by atoms with Gasteiger partial charge in [0.2, 0.25) is 0 Å². The molecule has 0 radical (unpaired) electrons. The molecule has 2 heterocycles. The summed E-state index contributed by atoms with van der Waals surface area (Å²) in [4.78, 5) is 19.1. The van der Waals surface area contributed by atoms with E-state index in [2.05, 4.69) is 39.6 Å². The first-order valence-electron chi connectivity index (χ1n) is 8.39. The summed E-state index contributed by atoms with van der Waals surface area (Å²) in [5.74, 6) is 0.212. The number of fused-ring (bicyclic) bond motifs is 1. The number of hydrogen-bond donors (Lipinski definition) is 0. The zero-order valence-electron chi connectivity index (χ0n) is 15.3. The van der Waals surface area contributed by atoms with Crippen molar-refractivity contribution in [3.8, 4) is 0 Å². The summed E-state index contributed by atoms with van der Waals surface area (Å²) in [7, 11) is 0. The fourth-order valence-corrected chi connectivity index (χ4v) is 2.72. The molecule has 0 atom stereocenters. The number of hydrogen-bond acceptors (Lipinski definition) is 3. The quantitative estimate of drug-likeness (QED) is 0.865. The molecule has 0 spiro atoms. The van der Waals surface area contributed by atoms with E-state index < -0.39 is 0 Å². The summed E-state index contributed by atoms with van der Waals surface area (Å²) >= 11 is 0. The summed E-state index contributed by atoms with van der Waals surface area (Å²) in [6, 6.07) is 2.01. The number of rotatable bonds is 4. The molecule has 0 aromatic carbocycles. The van der Waals surface area contributed by atoms with Crippen LogP contribution in [0.15, 0.2) is 12.3 Å². The molecule has 5 heteroatoms. The summed E-state index contributed by atoms with van der Waals surface area (Å²) in [5.41, 5.74) is 3.32. The molecule has 0 saturated carbocycles. The summed E-state index contributed by atoms with van der Waals surface area (Å²) in [6.45, 7) is 15.9. The van der Waals surface area contributed by atoms with E-state index in [9.17, 15) is 4.79 Å². The SMILES string of the molecule is CCN(CC)C(=O)c1cnc2cc(C(C)(C)C)nn2c1C(C)C. The molecule has 0 bridgehead atoms. The first kappa shape index (κ1) is 17.4. The van der Waals surface area contributed by atoms with E-state index >= 15 is 0 Å². The van der Waals surface area contributed by atoms with Crippen LogP contribution in [0.1, 0.15) is 76.1 Å². The maximum absolute atomic E-state index is 12.8. The lowest BCUT2D eigenvalue weighted by Crippen LogP contribution is -2.32. The average molecular weight is 316 g/mol. The highest BCUT2D eigenvalue weighted by Gasteiger charge is 2.24. The van der Waals surface area contributed by atoms with E-state index in [1.54, 1.807) is 6.20 Å². The second-order valence-electron chi connectivity index (χ2n) is 7.24. The van der Waals surface area contributed by atoms with Crippen LogP contribution in [0, 0.1) is 0 Å². The topological polar surface area (TPSA) is 50.5 Å². The van der Waals surface area contributed by atoms with E-state index in [1.165, 1.54) is 0 Å². The minimum absolute atomic E-state index is 0.0286. The zero-order valence-corrected chi connectivity index (χ0v) is 15.3. The van der Waals surface area contributed by atoms with Gasteiger partial charge in [0, 0.05) is 30.8 Å². The molecular weight excluding hydrogens is 288 g/mol. The first-order chi connectivity index (χ1) is 10.7. The van der Waals surface area contributed by atoms with Crippen molar-refractivity contribution in [2.75, 3.05) is 13.1 Å². The molecule has 126 valence electrons. The highest BCUT2D eigenvalue weighted by Crippen LogP contribution is 2.26. The van der Waals surface area contributed by atoms with Gasteiger partial charge in [0.25, 0.3) is 5.91 Å². The van der Waals surface area contributed by atoms with Crippen LogP contribution in [0.2, 0.25) is 0 Å². The molecule has 2 aromatic rings. The fourth-order valence-electron chi connectivity index (χ4n) is 2.72. The predicted octanol–water partition coefficient (Wildman–Crippen LogP) is 3.63. The van der Waals surface area contributed by atoms with Gasteiger partial charge in [-0.05, 0) is 19.8 Å². The fraction of sp³-hybridized carbons (Fsp3) is 0.611. The van der Waals surface area contributed by atoms with Crippen LogP contribution < -0.4 is 0 Å². The number of aromatic nitrogens is 3. The van der Waals surface area contributed by atoms with Crippen LogP contribution in [-0.2, 0) is 5.41 Å². The summed E-state index contributed by atoms with van der Waals surface area (Å²) in [5, 5.41) is 4.74. The van der Waals surface area contributed by atoms with Gasteiger partial charge in [0.05, 0.1) is 17.0 Å². The zero-order chi connectivity index (χ0) is 17.4. The lowest BCUT2D eigenvalue weighted by atomic mass is 9.93. The number of carbonyl (C=O) groups is 1. The Morgan fingerprint density at radius 2 is 1.87 bits per heavy atom. The Hall–Kier alpha value is -1.91. The Labute approximate surface area is 138 Å². The first-order valence-corrected chi connectivity index (χ1v) is 8.39. The molecule has 2 aromatic heterocycles. The standard InChI is InChI=1S/C18H28N4O/c1-8-21(9-2)17(23)13-11-19-15-10-14(18(5,6)7)20-22(15)16(13)12(3)4/h10-12H,8-9H2,1-7H3. The van der Waals surface area contributed by atoms with Gasteiger partial charge in [0.1, 0.15) is 0 Å². The van der Waals surface area contributed by atoms with E-state index in [1.807, 2.05) is 29.3 Å². The molecule has 0 saturated heterocycles. The van der Waals surface area contributed by atoms with Crippen LogP contribution in [0.3, 0.4) is 0 Å². The van der Waals surface area contributed by atoms with Crippen molar-refractivity contribution < 1.29 is 4.79 Å². The maximum atomic E-state index is 12.8. The van der Waals surface area contributed by atoms with Crippen molar-refractivity contribution in [2.45, 2.75) is 59.8 Å². The largest absolute Gasteiger partial charge is 0.339 e. The molecule has 0 aliphatic carbocycles. The summed E-state index contributed by atoms with van der Waals surface area (Å²) in [6.07, 6.45) is 1.71. The molecule has 0 aliphatic rings. The second kappa shape index (κ2) is 6.30. The third-order valence-electron chi connectivity index (χ3n) is 4.12. The van der Waals surface area contributed by atoms with Gasteiger partial charge in [-0.2, -0.15) is 5.10 Å². The van der Waals surface area contributed by atoms with E-state index in [-0.39, 0.29) is 17.2 Å². The van der Waals surface area contributed by atoms with Crippen LogP contribution in [-0.4, -0.2) is 38.5 Å². The highest BCUT2D eigenvalue weighted by atomic mass is 16.2. The van der Waals surface area contributed by atoms with Crippen molar-refractivity contribution in [1.29, 1.82) is 0 Å². The Morgan fingerprint density at radius 1 is 1.26 bits per heavy atom. The van der Waals surface area contributed by atoms with Crippen molar-refractivity contribution in [3.05, 3.63) is 29.2 Å². The van der Waals surface area contributed by atoms with E-state index in [0.29, 0.717) is 18.7 Å². The van der Waals surface area contributed by atoms with Crippen LogP contribution in [0.5, 0.6) is 0 Å². The van der Waals surface area contributed by atoms with Gasteiger partial charge >= 0.3 is 0 Å². The van der Waals surface area contributed by atoms with Crippen molar-refractivity contribution in [1.82, 2.24) is 19.5 Å². The van der Waals surface area contributed by atoms with Gasteiger partial charge in [0.15, 0.2) is 5.65 Å². The highest BCUT2D eigenvalue weighted by molar-refractivity contribution is 5.95. The number of carbonyl (C=O) groups excluding carboxylic acids is 1. The third-order valence-corrected chi connectivity index (χ3v) is 4.12. The molecular formula is C18H28N4O. The van der Waals surface area contributed by atoms with Gasteiger partial charge in [-0.3, -0.25) is 4.79 Å². The lowest BCUT2D eigenvalue weighted by Gasteiger charge is -2.21. The van der Waals surface area contributed by atoms with Crippen LogP contribution >= 0.6 is 0 Å². The minimum Gasteiger partial charge on any atom is -0.339 e. The molecule has 0 unspecified atom stereocenters. The van der Waals surface area contributed by atoms with Crippen molar-refractivity contribution in [3.63, 3.8) is 0 Å². The second-order valence-corrected chi connectivity index (χ2v) is 7.24. The van der Waals surface area contributed by atoms with Crippen molar-refractivity contribution in [2.24, 2.45) is 0 Å². The molecule has 0 aliphatic heterocycles. The lowest BCUT2D eigenvalue weighted by molar-refractivity contribution is 0.0770. The summed E-state index contributed by atoms with van der Waals surface area (Å²) < 4.78 is 1.85. The Morgan fingerprint density at radius 3 is 2.35 bits per heavy atom. The minimum atomic E-state index is -0.0506. The third kappa shape index (κ3) is 3.23. The average Bonchev–Trinajstić information content (AvgIpc) is 2.91. The smallest absolute Gasteiger partial charge is 0.257 e. The molecule has 2 rings (SSSR count). The Balaban J connectivity index is 2.67. The molecule has 0 N–H and O–H groups in total. The number of nitrogens with zero attached hydrogens (tertiary/aromatic N) is 4. The van der Waals surface area contributed by atoms with Crippen LogP contribution in [0.25, 0.3) is 5.65 Å². The normalized spacial score (nSPS) is 12.2. The Bertz CT molecular complexity index is 706. The molecule has 5 nitrogen and oxygen atoms in total. The van der Waals surface area contributed by atoms with E-state index in [0.717, 1.165) is 17.0 Å².